The highest BCUT2D eigenvalue weighted by molar-refractivity contribution is 9.10. The van der Waals surface area contributed by atoms with E-state index in [1.807, 2.05) is 26.2 Å². The largest absolute Gasteiger partial charge is 0.492 e. The maximum Gasteiger partial charge on any atom is 0.153 e. The molecule has 1 rings (SSSR count). The highest BCUT2D eigenvalue weighted by atomic mass is 79.9. The van der Waals surface area contributed by atoms with Crippen LogP contribution in [0.3, 0.4) is 0 Å². The van der Waals surface area contributed by atoms with Crippen LogP contribution in [-0.2, 0) is 0 Å². The Hall–Kier alpha value is -0.870. The summed E-state index contributed by atoms with van der Waals surface area (Å²) >= 11 is 3.37. The van der Waals surface area contributed by atoms with Crippen molar-refractivity contribution in [2.24, 2.45) is 0 Å². The number of hydrogen-bond acceptors (Lipinski definition) is 3. The Morgan fingerprint density at radius 3 is 2.81 bits per heavy atom. The van der Waals surface area contributed by atoms with Crippen molar-refractivity contribution in [3.05, 3.63) is 28.2 Å². The van der Waals surface area contributed by atoms with Gasteiger partial charge in [0.25, 0.3) is 0 Å². The van der Waals surface area contributed by atoms with Gasteiger partial charge in [0.1, 0.15) is 5.75 Å². The van der Waals surface area contributed by atoms with Crippen LogP contribution in [0.15, 0.2) is 22.7 Å². The Morgan fingerprint density at radius 1 is 1.44 bits per heavy atom. The molecule has 4 heteroatoms. The Morgan fingerprint density at radius 2 is 2.19 bits per heavy atom. The number of ether oxygens (including phenoxy) is 1. The van der Waals surface area contributed by atoms with Gasteiger partial charge in [-0.1, -0.05) is 6.07 Å². The summed E-state index contributed by atoms with van der Waals surface area (Å²) in [6.07, 6.45) is 1.75. The minimum Gasteiger partial charge on any atom is -0.492 e. The molecular formula is C12H16BrNO2. The summed E-state index contributed by atoms with van der Waals surface area (Å²) < 4.78 is 6.43. The van der Waals surface area contributed by atoms with Gasteiger partial charge in [-0.15, -0.1) is 0 Å². The molecule has 0 fully saturated rings. The molecule has 0 saturated carbocycles. The summed E-state index contributed by atoms with van der Waals surface area (Å²) in [5.74, 6) is 0.635. The van der Waals surface area contributed by atoms with Gasteiger partial charge in [0.05, 0.1) is 16.6 Å². The summed E-state index contributed by atoms with van der Waals surface area (Å²) in [7, 11) is 4.05. The molecule has 0 heterocycles. The number of aldehydes is 1. The number of hydrogen-bond donors (Lipinski definition) is 0. The molecule has 0 aliphatic rings. The van der Waals surface area contributed by atoms with Gasteiger partial charge >= 0.3 is 0 Å². The van der Waals surface area contributed by atoms with E-state index in [1.54, 1.807) is 6.07 Å². The van der Waals surface area contributed by atoms with Crippen LogP contribution in [0.1, 0.15) is 16.8 Å². The molecule has 0 saturated heterocycles. The normalized spacial score (nSPS) is 10.5. The van der Waals surface area contributed by atoms with E-state index >= 15 is 0 Å². The molecule has 1 aromatic carbocycles. The lowest BCUT2D eigenvalue weighted by Gasteiger charge is -2.12. The van der Waals surface area contributed by atoms with Crippen LogP contribution >= 0.6 is 15.9 Å². The van der Waals surface area contributed by atoms with Gasteiger partial charge in [-0.25, -0.2) is 0 Å². The van der Waals surface area contributed by atoms with Crippen LogP contribution in [-0.4, -0.2) is 38.4 Å². The van der Waals surface area contributed by atoms with Crippen LogP contribution in [0.4, 0.5) is 0 Å². The zero-order chi connectivity index (χ0) is 12.0. The molecule has 0 unspecified atom stereocenters. The molecule has 0 amide bonds. The van der Waals surface area contributed by atoms with Crippen molar-refractivity contribution in [3.63, 3.8) is 0 Å². The topological polar surface area (TPSA) is 29.5 Å². The quantitative estimate of drug-likeness (QED) is 0.594. The summed E-state index contributed by atoms with van der Waals surface area (Å²) in [5, 5.41) is 0. The first-order chi connectivity index (χ1) is 7.65. The van der Waals surface area contributed by atoms with Crippen LogP contribution in [0.5, 0.6) is 5.75 Å². The predicted molar refractivity (Wildman–Crippen MR) is 68.2 cm³/mol. The van der Waals surface area contributed by atoms with Crippen molar-refractivity contribution in [2.45, 2.75) is 6.42 Å². The third kappa shape index (κ3) is 3.94. The van der Waals surface area contributed by atoms with Crippen LogP contribution in [0.25, 0.3) is 0 Å². The first-order valence-electron chi connectivity index (χ1n) is 5.16. The van der Waals surface area contributed by atoms with Crippen molar-refractivity contribution in [2.75, 3.05) is 27.2 Å². The Labute approximate surface area is 105 Å². The van der Waals surface area contributed by atoms with E-state index in [2.05, 4.69) is 20.8 Å². The van der Waals surface area contributed by atoms with Gasteiger partial charge in [-0.3, -0.25) is 4.79 Å². The standard InChI is InChI=1S/C12H16BrNO2/c1-14(2)7-4-8-16-12-10(9-15)5-3-6-11(12)13/h3,5-6,9H,4,7-8H2,1-2H3. The van der Waals surface area contributed by atoms with Crippen LogP contribution < -0.4 is 4.74 Å². The number of halogens is 1. The van der Waals surface area contributed by atoms with E-state index in [0.29, 0.717) is 17.9 Å². The van der Waals surface area contributed by atoms with Crippen molar-refractivity contribution in [3.8, 4) is 5.75 Å². The monoisotopic (exact) mass is 285 g/mol. The van der Waals surface area contributed by atoms with E-state index in [4.69, 9.17) is 4.74 Å². The first-order valence-corrected chi connectivity index (χ1v) is 5.95. The first kappa shape index (κ1) is 13.2. The molecule has 16 heavy (non-hydrogen) atoms. The minimum atomic E-state index is 0.583. The van der Waals surface area contributed by atoms with Crippen LogP contribution in [0, 0.1) is 0 Å². The Bertz CT molecular complexity index is 353. The van der Waals surface area contributed by atoms with E-state index in [9.17, 15) is 4.79 Å². The average Bonchev–Trinajstić information content (AvgIpc) is 2.25. The molecule has 0 N–H and O–H groups in total. The van der Waals surface area contributed by atoms with E-state index in [0.717, 1.165) is 23.7 Å². The molecular weight excluding hydrogens is 270 g/mol. The predicted octanol–water partition coefficient (Wildman–Crippen LogP) is 2.59. The molecule has 0 aromatic heterocycles. The number of carbonyl (C=O) groups is 1. The fourth-order valence-corrected chi connectivity index (χ4v) is 1.82. The molecule has 0 bridgehead atoms. The van der Waals surface area contributed by atoms with Crippen molar-refractivity contribution in [1.82, 2.24) is 4.90 Å². The van der Waals surface area contributed by atoms with Gasteiger partial charge in [0.15, 0.2) is 6.29 Å². The van der Waals surface area contributed by atoms with Gasteiger partial charge in [-0.2, -0.15) is 0 Å². The Kier molecular flexibility index (Phi) is 5.49. The molecule has 0 aliphatic carbocycles. The highest BCUT2D eigenvalue weighted by Gasteiger charge is 2.06. The zero-order valence-corrected chi connectivity index (χ0v) is 11.2. The second-order valence-corrected chi connectivity index (χ2v) is 4.64. The third-order valence-electron chi connectivity index (χ3n) is 2.12. The summed E-state index contributed by atoms with van der Waals surface area (Å²) in [4.78, 5) is 12.9. The number of para-hydroxylation sites is 1. The van der Waals surface area contributed by atoms with Gasteiger partial charge in [-0.05, 0) is 48.6 Å². The SMILES string of the molecule is CN(C)CCCOc1c(Br)cccc1C=O. The molecule has 88 valence electrons. The molecule has 0 aliphatic heterocycles. The van der Waals surface area contributed by atoms with Crippen molar-refractivity contribution >= 4 is 22.2 Å². The maximum atomic E-state index is 10.8. The second-order valence-electron chi connectivity index (χ2n) is 3.78. The summed E-state index contributed by atoms with van der Waals surface area (Å²) in [6.45, 7) is 1.59. The smallest absolute Gasteiger partial charge is 0.153 e. The van der Waals surface area contributed by atoms with Crippen molar-refractivity contribution < 1.29 is 9.53 Å². The fraction of sp³-hybridized carbons (Fsp3) is 0.417. The number of nitrogens with zero attached hydrogens (tertiary/aromatic N) is 1. The van der Waals surface area contributed by atoms with Crippen LogP contribution in [0.2, 0.25) is 0 Å². The average molecular weight is 286 g/mol. The zero-order valence-electron chi connectivity index (χ0n) is 9.57. The Balaban J connectivity index is 2.55. The lowest BCUT2D eigenvalue weighted by Crippen LogP contribution is -2.15. The van der Waals surface area contributed by atoms with E-state index < -0.39 is 0 Å². The van der Waals surface area contributed by atoms with Gasteiger partial charge < -0.3 is 9.64 Å². The molecule has 3 nitrogen and oxygen atoms in total. The molecule has 0 radical (unpaired) electrons. The fourth-order valence-electron chi connectivity index (χ4n) is 1.33. The lowest BCUT2D eigenvalue weighted by molar-refractivity contribution is 0.111. The second kappa shape index (κ2) is 6.66. The number of rotatable bonds is 6. The summed E-state index contributed by atoms with van der Waals surface area (Å²) in [5.41, 5.74) is 0.583. The van der Waals surface area contributed by atoms with Gasteiger partial charge in [0, 0.05) is 6.54 Å². The third-order valence-corrected chi connectivity index (χ3v) is 2.74. The molecule has 0 atom stereocenters. The minimum absolute atomic E-state index is 0.583. The maximum absolute atomic E-state index is 10.8. The number of carbonyl (C=O) groups excluding carboxylic acids is 1. The van der Waals surface area contributed by atoms with Crippen molar-refractivity contribution in [1.29, 1.82) is 0 Å². The molecule has 0 spiro atoms. The highest BCUT2D eigenvalue weighted by Crippen LogP contribution is 2.27. The number of benzene rings is 1. The summed E-state index contributed by atoms with van der Waals surface area (Å²) in [6, 6.07) is 5.44. The lowest BCUT2D eigenvalue weighted by atomic mass is 10.2. The van der Waals surface area contributed by atoms with E-state index in [1.165, 1.54) is 0 Å². The van der Waals surface area contributed by atoms with Gasteiger partial charge in [0.2, 0.25) is 0 Å². The molecule has 1 aromatic rings. The van der Waals surface area contributed by atoms with E-state index in [-0.39, 0.29) is 0 Å².